The van der Waals surface area contributed by atoms with E-state index in [2.05, 4.69) is 10.3 Å². The number of aromatic nitrogens is 1. The summed E-state index contributed by atoms with van der Waals surface area (Å²) in [6.45, 7) is 0. The minimum Gasteiger partial charge on any atom is -0.298 e. The maximum atomic E-state index is 12.3. The van der Waals surface area contributed by atoms with Gasteiger partial charge in [-0.15, -0.1) is 0 Å². The molecule has 0 aliphatic carbocycles. The number of nitro groups is 1. The molecule has 1 aromatic heterocycles. The zero-order valence-electron chi connectivity index (χ0n) is 14.2. The second kappa shape index (κ2) is 7.02. The molecule has 0 radical (unpaired) electrons. The molecule has 1 amide bonds. The first-order valence-electron chi connectivity index (χ1n) is 7.57. The van der Waals surface area contributed by atoms with Gasteiger partial charge in [0, 0.05) is 31.8 Å². The van der Waals surface area contributed by atoms with Gasteiger partial charge in [0.1, 0.15) is 0 Å². The molecule has 0 atom stereocenters. The number of amides is 1. The zero-order chi connectivity index (χ0) is 19.8. The lowest BCUT2D eigenvalue weighted by Crippen LogP contribution is -2.22. The number of anilines is 1. The van der Waals surface area contributed by atoms with Gasteiger partial charge in [0.15, 0.2) is 5.13 Å². The summed E-state index contributed by atoms with van der Waals surface area (Å²) in [5.41, 5.74) is 0.689. The van der Waals surface area contributed by atoms with E-state index in [9.17, 15) is 23.3 Å². The lowest BCUT2D eigenvalue weighted by Gasteiger charge is -2.10. The van der Waals surface area contributed by atoms with Crippen LogP contribution in [-0.2, 0) is 10.0 Å². The van der Waals surface area contributed by atoms with E-state index in [0.717, 1.165) is 15.6 Å². The fourth-order valence-electron chi connectivity index (χ4n) is 2.23. The minimum absolute atomic E-state index is 0.110. The molecular formula is C16H14N4O5S2. The Labute approximate surface area is 158 Å². The summed E-state index contributed by atoms with van der Waals surface area (Å²) in [5.74, 6) is -0.468. The highest BCUT2D eigenvalue weighted by Crippen LogP contribution is 2.29. The van der Waals surface area contributed by atoms with Crippen LogP contribution in [0.1, 0.15) is 10.4 Å². The molecule has 0 spiro atoms. The van der Waals surface area contributed by atoms with Crippen molar-refractivity contribution in [1.82, 2.24) is 9.29 Å². The first-order chi connectivity index (χ1) is 12.7. The predicted octanol–water partition coefficient (Wildman–Crippen LogP) is 2.71. The highest BCUT2D eigenvalue weighted by Gasteiger charge is 2.19. The summed E-state index contributed by atoms with van der Waals surface area (Å²) in [4.78, 5) is 26.8. The summed E-state index contributed by atoms with van der Waals surface area (Å²) < 4.78 is 26.2. The number of carbonyl (C=O) groups is 1. The van der Waals surface area contributed by atoms with Crippen LogP contribution in [0.2, 0.25) is 0 Å². The SMILES string of the molecule is CN(C)S(=O)(=O)c1ccc2nc(NC(=O)c3ccc([N+](=O)[O-])cc3)sc2c1. The van der Waals surface area contributed by atoms with Gasteiger partial charge in [-0.1, -0.05) is 11.3 Å². The van der Waals surface area contributed by atoms with E-state index < -0.39 is 20.9 Å². The fraction of sp³-hybridized carbons (Fsp3) is 0.125. The predicted molar refractivity (Wildman–Crippen MR) is 102 cm³/mol. The van der Waals surface area contributed by atoms with E-state index in [4.69, 9.17) is 0 Å². The summed E-state index contributed by atoms with van der Waals surface area (Å²) in [6, 6.07) is 9.72. The highest BCUT2D eigenvalue weighted by molar-refractivity contribution is 7.89. The second-order valence-electron chi connectivity index (χ2n) is 5.69. The third-order valence-corrected chi connectivity index (χ3v) is 6.44. The van der Waals surface area contributed by atoms with Crippen LogP contribution in [0.25, 0.3) is 10.2 Å². The summed E-state index contributed by atoms with van der Waals surface area (Å²) in [5, 5.41) is 13.6. The first-order valence-corrected chi connectivity index (χ1v) is 9.83. The van der Waals surface area contributed by atoms with Crippen molar-refractivity contribution in [3.8, 4) is 0 Å². The molecule has 0 saturated carbocycles. The van der Waals surface area contributed by atoms with Crippen molar-refractivity contribution in [1.29, 1.82) is 0 Å². The van der Waals surface area contributed by atoms with E-state index in [0.29, 0.717) is 15.3 Å². The van der Waals surface area contributed by atoms with Gasteiger partial charge in [0.2, 0.25) is 10.0 Å². The Morgan fingerprint density at radius 3 is 2.44 bits per heavy atom. The number of non-ortho nitro benzene ring substituents is 1. The van der Waals surface area contributed by atoms with Crippen molar-refractivity contribution in [2.75, 3.05) is 19.4 Å². The van der Waals surface area contributed by atoms with Crippen LogP contribution in [-0.4, -0.2) is 42.6 Å². The summed E-state index contributed by atoms with van der Waals surface area (Å²) in [7, 11) is -0.673. The zero-order valence-corrected chi connectivity index (χ0v) is 15.9. The molecule has 0 saturated heterocycles. The third-order valence-electron chi connectivity index (χ3n) is 3.70. The number of fused-ring (bicyclic) bond motifs is 1. The molecule has 140 valence electrons. The molecule has 0 unspecified atom stereocenters. The van der Waals surface area contributed by atoms with Gasteiger partial charge in [-0.25, -0.2) is 17.7 Å². The standard InChI is InChI=1S/C16H14N4O5S2/c1-19(2)27(24,25)12-7-8-13-14(9-12)26-16(17-13)18-15(21)10-3-5-11(6-4-10)20(22)23/h3-9H,1-2H3,(H,17,18,21). The van der Waals surface area contributed by atoms with Gasteiger partial charge in [-0.3, -0.25) is 20.2 Å². The molecule has 1 heterocycles. The van der Waals surface area contributed by atoms with Crippen molar-refractivity contribution < 1.29 is 18.1 Å². The first kappa shape index (κ1) is 18.9. The Bertz CT molecular complexity index is 1140. The average molecular weight is 406 g/mol. The third kappa shape index (κ3) is 3.79. The summed E-state index contributed by atoms with van der Waals surface area (Å²) in [6.07, 6.45) is 0. The summed E-state index contributed by atoms with van der Waals surface area (Å²) >= 11 is 1.14. The van der Waals surface area contributed by atoms with E-state index in [-0.39, 0.29) is 16.1 Å². The molecule has 2 aromatic carbocycles. The van der Waals surface area contributed by atoms with Crippen LogP contribution in [0, 0.1) is 10.1 Å². The number of nitro benzene ring substituents is 1. The van der Waals surface area contributed by atoms with Gasteiger partial charge in [-0.2, -0.15) is 0 Å². The number of carbonyl (C=O) groups excluding carboxylic acids is 1. The van der Waals surface area contributed by atoms with Crippen molar-refractivity contribution in [2.45, 2.75) is 4.90 Å². The normalized spacial score (nSPS) is 11.7. The van der Waals surface area contributed by atoms with Crippen molar-refractivity contribution >= 4 is 48.3 Å². The Balaban J connectivity index is 1.85. The monoisotopic (exact) mass is 406 g/mol. The number of thiazole rings is 1. The number of hydrogen-bond acceptors (Lipinski definition) is 7. The lowest BCUT2D eigenvalue weighted by molar-refractivity contribution is -0.384. The molecule has 3 aromatic rings. The van der Waals surface area contributed by atoms with Gasteiger partial charge in [0.25, 0.3) is 11.6 Å². The number of nitrogens with one attached hydrogen (secondary N) is 1. The molecule has 1 N–H and O–H groups in total. The Morgan fingerprint density at radius 1 is 1.19 bits per heavy atom. The molecule has 27 heavy (non-hydrogen) atoms. The second-order valence-corrected chi connectivity index (χ2v) is 8.88. The van der Waals surface area contributed by atoms with Crippen LogP contribution in [0.4, 0.5) is 10.8 Å². The fourth-order valence-corrected chi connectivity index (χ4v) is 4.14. The van der Waals surface area contributed by atoms with Gasteiger partial charge in [0.05, 0.1) is 20.0 Å². The molecule has 0 fully saturated rings. The van der Waals surface area contributed by atoms with Crippen molar-refractivity contribution in [2.24, 2.45) is 0 Å². The molecule has 0 bridgehead atoms. The van der Waals surface area contributed by atoms with E-state index >= 15 is 0 Å². The Kier molecular flexibility index (Phi) is 4.91. The van der Waals surface area contributed by atoms with Crippen molar-refractivity contribution in [3.05, 3.63) is 58.1 Å². The maximum absolute atomic E-state index is 12.3. The minimum atomic E-state index is -3.57. The van der Waals surface area contributed by atoms with Gasteiger partial charge < -0.3 is 0 Å². The van der Waals surface area contributed by atoms with Crippen LogP contribution in [0.15, 0.2) is 47.4 Å². The molecule has 3 rings (SSSR count). The van der Waals surface area contributed by atoms with Crippen LogP contribution in [0.5, 0.6) is 0 Å². The highest BCUT2D eigenvalue weighted by atomic mass is 32.2. The van der Waals surface area contributed by atoms with Crippen molar-refractivity contribution in [3.63, 3.8) is 0 Å². The van der Waals surface area contributed by atoms with Crippen LogP contribution < -0.4 is 5.32 Å². The topological polar surface area (TPSA) is 123 Å². The Hall–Kier alpha value is -2.89. The molecular weight excluding hydrogens is 392 g/mol. The maximum Gasteiger partial charge on any atom is 0.269 e. The van der Waals surface area contributed by atoms with Crippen LogP contribution in [0.3, 0.4) is 0 Å². The van der Waals surface area contributed by atoms with E-state index in [1.54, 1.807) is 6.07 Å². The van der Waals surface area contributed by atoms with E-state index in [1.807, 2.05) is 0 Å². The quantitative estimate of drug-likeness (QED) is 0.513. The molecule has 11 heteroatoms. The molecule has 9 nitrogen and oxygen atoms in total. The van der Waals surface area contributed by atoms with Crippen LogP contribution >= 0.6 is 11.3 Å². The number of nitrogens with zero attached hydrogens (tertiary/aromatic N) is 3. The smallest absolute Gasteiger partial charge is 0.269 e. The molecule has 0 aliphatic rings. The molecule has 0 aliphatic heterocycles. The number of benzene rings is 2. The van der Waals surface area contributed by atoms with Gasteiger partial charge in [-0.05, 0) is 30.3 Å². The number of rotatable bonds is 5. The van der Waals surface area contributed by atoms with Gasteiger partial charge >= 0.3 is 0 Å². The van der Waals surface area contributed by atoms with E-state index in [1.165, 1.54) is 50.5 Å². The number of hydrogen-bond donors (Lipinski definition) is 1. The Morgan fingerprint density at radius 2 is 1.85 bits per heavy atom. The number of sulfonamides is 1. The largest absolute Gasteiger partial charge is 0.298 e. The lowest BCUT2D eigenvalue weighted by atomic mass is 10.2. The average Bonchev–Trinajstić information content (AvgIpc) is 3.02.